The SMILES string of the molecule is CNc1nc(Nc2ccc(F)c(NCC#N)c2C=N)ncc1C(F)(F)F. The number of benzene rings is 1. The van der Waals surface area contributed by atoms with E-state index in [2.05, 4.69) is 25.9 Å². The maximum atomic E-state index is 13.9. The van der Waals surface area contributed by atoms with E-state index in [4.69, 9.17) is 10.7 Å². The van der Waals surface area contributed by atoms with Gasteiger partial charge in [0.1, 0.15) is 23.7 Å². The Labute approximate surface area is 145 Å². The summed E-state index contributed by atoms with van der Waals surface area (Å²) in [6, 6.07) is 4.15. The van der Waals surface area contributed by atoms with Crippen molar-refractivity contribution in [3.8, 4) is 6.07 Å². The molecule has 7 nitrogen and oxygen atoms in total. The summed E-state index contributed by atoms with van der Waals surface area (Å²) >= 11 is 0. The number of alkyl halides is 3. The van der Waals surface area contributed by atoms with Crippen molar-refractivity contribution >= 4 is 29.4 Å². The van der Waals surface area contributed by atoms with Crippen LogP contribution in [0, 0.1) is 22.6 Å². The minimum Gasteiger partial charge on any atom is -0.372 e. The Morgan fingerprint density at radius 3 is 2.65 bits per heavy atom. The monoisotopic (exact) mass is 367 g/mol. The highest BCUT2D eigenvalue weighted by molar-refractivity contribution is 5.94. The summed E-state index contributed by atoms with van der Waals surface area (Å²) in [5.74, 6) is -1.30. The van der Waals surface area contributed by atoms with E-state index in [0.717, 1.165) is 12.3 Å². The number of rotatable bonds is 6. The predicted octanol–water partition coefficient (Wildman–Crippen LogP) is 3.35. The summed E-state index contributed by atoms with van der Waals surface area (Å²) in [6.45, 7) is -0.193. The van der Waals surface area contributed by atoms with E-state index in [0.29, 0.717) is 6.20 Å². The Hall–Kier alpha value is -3.42. The van der Waals surface area contributed by atoms with Crippen LogP contribution in [0.1, 0.15) is 11.1 Å². The van der Waals surface area contributed by atoms with Crippen molar-refractivity contribution in [2.24, 2.45) is 0 Å². The smallest absolute Gasteiger partial charge is 0.372 e. The average molecular weight is 367 g/mol. The summed E-state index contributed by atoms with van der Waals surface area (Å²) in [4.78, 5) is 7.36. The van der Waals surface area contributed by atoms with Crippen LogP contribution in [0.5, 0.6) is 0 Å². The first-order valence-corrected chi connectivity index (χ1v) is 7.14. The molecule has 0 saturated heterocycles. The summed E-state index contributed by atoms with van der Waals surface area (Å²) in [7, 11) is 1.28. The number of hydrogen-bond acceptors (Lipinski definition) is 7. The standard InChI is InChI=1S/C15H13F4N7/c1-22-13-9(15(17,18)19)7-24-14(26-13)25-11-3-2-10(16)12(8(11)6-21)23-5-4-20/h2-3,6-7,21,23H,5H2,1H3,(H2,22,24,25,26). The second kappa shape index (κ2) is 7.64. The van der Waals surface area contributed by atoms with Gasteiger partial charge in [-0.15, -0.1) is 0 Å². The summed E-state index contributed by atoms with van der Waals surface area (Å²) in [5.41, 5.74) is -0.876. The summed E-state index contributed by atoms with van der Waals surface area (Å²) < 4.78 is 52.6. The molecule has 0 atom stereocenters. The summed E-state index contributed by atoms with van der Waals surface area (Å²) in [6.07, 6.45) is -3.17. The van der Waals surface area contributed by atoms with Crippen molar-refractivity contribution in [2.45, 2.75) is 6.18 Å². The third-order valence-corrected chi connectivity index (χ3v) is 3.26. The van der Waals surface area contributed by atoms with E-state index in [9.17, 15) is 17.6 Å². The molecule has 0 amide bonds. The van der Waals surface area contributed by atoms with E-state index < -0.39 is 23.4 Å². The molecule has 0 radical (unpaired) electrons. The number of nitrogens with zero attached hydrogens (tertiary/aromatic N) is 3. The lowest BCUT2D eigenvalue weighted by molar-refractivity contribution is -0.137. The topological polar surface area (TPSA) is 110 Å². The zero-order valence-electron chi connectivity index (χ0n) is 13.4. The van der Waals surface area contributed by atoms with Gasteiger partial charge < -0.3 is 21.4 Å². The Morgan fingerprint density at radius 2 is 2.08 bits per heavy atom. The van der Waals surface area contributed by atoms with Gasteiger partial charge >= 0.3 is 6.18 Å². The quantitative estimate of drug-likeness (QED) is 0.354. The van der Waals surface area contributed by atoms with Gasteiger partial charge in [0, 0.05) is 25.0 Å². The fourth-order valence-corrected chi connectivity index (χ4v) is 2.12. The van der Waals surface area contributed by atoms with Crippen molar-refractivity contribution in [3.05, 3.63) is 35.3 Å². The lowest BCUT2D eigenvalue weighted by Crippen LogP contribution is -2.13. The number of anilines is 4. The van der Waals surface area contributed by atoms with Gasteiger partial charge in [0.25, 0.3) is 0 Å². The molecule has 11 heteroatoms. The van der Waals surface area contributed by atoms with Crippen LogP contribution in [0.25, 0.3) is 0 Å². The zero-order valence-corrected chi connectivity index (χ0v) is 13.4. The Balaban J connectivity index is 2.43. The van der Waals surface area contributed by atoms with E-state index in [1.165, 1.54) is 13.1 Å². The molecule has 4 N–H and O–H groups in total. The molecule has 0 aliphatic heterocycles. The number of hydrogen-bond donors (Lipinski definition) is 4. The maximum Gasteiger partial charge on any atom is 0.421 e. The first-order valence-electron chi connectivity index (χ1n) is 7.14. The van der Waals surface area contributed by atoms with Crippen molar-refractivity contribution < 1.29 is 17.6 Å². The molecule has 0 saturated carbocycles. The molecule has 1 aromatic carbocycles. The Kier molecular flexibility index (Phi) is 5.56. The second-order valence-electron chi connectivity index (χ2n) is 4.87. The third-order valence-electron chi connectivity index (χ3n) is 3.26. The molecule has 1 aromatic heterocycles. The summed E-state index contributed by atoms with van der Waals surface area (Å²) in [5, 5.41) is 23.6. The molecule has 2 aromatic rings. The molecule has 0 unspecified atom stereocenters. The van der Waals surface area contributed by atoms with Gasteiger partial charge in [0.05, 0.1) is 17.4 Å². The lowest BCUT2D eigenvalue weighted by atomic mass is 10.1. The number of aromatic nitrogens is 2. The van der Waals surface area contributed by atoms with Crippen molar-refractivity contribution in [1.29, 1.82) is 10.7 Å². The van der Waals surface area contributed by atoms with Crippen LogP contribution in [-0.2, 0) is 6.18 Å². The van der Waals surface area contributed by atoms with Crippen LogP contribution in [0.15, 0.2) is 18.3 Å². The van der Waals surface area contributed by atoms with Crippen molar-refractivity contribution in [2.75, 3.05) is 29.5 Å². The minimum absolute atomic E-state index is 0.0646. The van der Waals surface area contributed by atoms with E-state index in [1.54, 1.807) is 6.07 Å². The van der Waals surface area contributed by atoms with Gasteiger partial charge in [0.2, 0.25) is 5.95 Å². The predicted molar refractivity (Wildman–Crippen MR) is 88.3 cm³/mol. The van der Waals surface area contributed by atoms with Crippen LogP contribution in [0.4, 0.5) is 40.7 Å². The average Bonchev–Trinajstić information content (AvgIpc) is 2.60. The zero-order chi connectivity index (χ0) is 19.3. The molecular weight excluding hydrogens is 354 g/mol. The minimum atomic E-state index is -4.62. The van der Waals surface area contributed by atoms with Crippen molar-refractivity contribution in [1.82, 2.24) is 9.97 Å². The van der Waals surface area contributed by atoms with E-state index >= 15 is 0 Å². The Morgan fingerprint density at radius 1 is 1.35 bits per heavy atom. The largest absolute Gasteiger partial charge is 0.421 e. The fraction of sp³-hybridized carbons (Fsp3) is 0.200. The van der Waals surface area contributed by atoms with Crippen LogP contribution < -0.4 is 16.0 Å². The molecule has 0 bridgehead atoms. The van der Waals surface area contributed by atoms with Crippen molar-refractivity contribution in [3.63, 3.8) is 0 Å². The highest BCUT2D eigenvalue weighted by atomic mass is 19.4. The third kappa shape index (κ3) is 3.97. The van der Waals surface area contributed by atoms with Gasteiger partial charge in [-0.3, -0.25) is 0 Å². The highest BCUT2D eigenvalue weighted by Crippen LogP contribution is 2.34. The second-order valence-corrected chi connectivity index (χ2v) is 4.87. The number of nitrogens with one attached hydrogen (secondary N) is 4. The number of nitriles is 1. The first-order chi connectivity index (χ1) is 12.3. The molecule has 0 aliphatic carbocycles. The molecule has 0 fully saturated rings. The van der Waals surface area contributed by atoms with Gasteiger partial charge in [0.15, 0.2) is 0 Å². The number of halogens is 4. The van der Waals surface area contributed by atoms with E-state index in [-0.39, 0.29) is 29.4 Å². The van der Waals surface area contributed by atoms with Crippen LogP contribution in [-0.4, -0.2) is 29.8 Å². The highest BCUT2D eigenvalue weighted by Gasteiger charge is 2.35. The molecule has 0 aliphatic rings. The van der Waals surface area contributed by atoms with E-state index in [1.807, 2.05) is 0 Å². The molecule has 136 valence electrons. The first kappa shape index (κ1) is 18.9. The van der Waals surface area contributed by atoms with Crippen LogP contribution in [0.2, 0.25) is 0 Å². The van der Waals surface area contributed by atoms with Crippen LogP contribution >= 0.6 is 0 Å². The molecular formula is C15H13F4N7. The lowest BCUT2D eigenvalue weighted by Gasteiger charge is -2.15. The Bertz CT molecular complexity index is 858. The molecule has 1 heterocycles. The normalized spacial score (nSPS) is 10.8. The van der Waals surface area contributed by atoms with Crippen LogP contribution in [0.3, 0.4) is 0 Å². The molecule has 26 heavy (non-hydrogen) atoms. The maximum absolute atomic E-state index is 13.9. The van der Waals surface area contributed by atoms with Gasteiger partial charge in [-0.25, -0.2) is 9.37 Å². The van der Waals surface area contributed by atoms with Gasteiger partial charge in [-0.1, -0.05) is 0 Å². The van der Waals surface area contributed by atoms with Gasteiger partial charge in [-0.2, -0.15) is 23.4 Å². The van der Waals surface area contributed by atoms with Gasteiger partial charge in [-0.05, 0) is 12.1 Å². The molecule has 2 rings (SSSR count). The fourth-order valence-electron chi connectivity index (χ4n) is 2.12. The molecule has 0 spiro atoms.